The van der Waals surface area contributed by atoms with Gasteiger partial charge >= 0.3 is 0 Å². The fourth-order valence-corrected chi connectivity index (χ4v) is 4.87. The van der Waals surface area contributed by atoms with Gasteiger partial charge in [-0.3, -0.25) is 14.6 Å². The van der Waals surface area contributed by atoms with Gasteiger partial charge in [0.05, 0.1) is 12.5 Å². The minimum Gasteiger partial charge on any atom is -0.383 e. The van der Waals surface area contributed by atoms with Gasteiger partial charge < -0.3 is 15.0 Å². The Bertz CT molecular complexity index is 764. The summed E-state index contributed by atoms with van der Waals surface area (Å²) in [6, 6.07) is 11.4. The Labute approximate surface area is 173 Å². The molecule has 0 saturated carbocycles. The molecule has 0 bridgehead atoms. The Hall–Kier alpha value is -1.89. The van der Waals surface area contributed by atoms with Gasteiger partial charge in [-0.25, -0.2) is 0 Å². The van der Waals surface area contributed by atoms with Crippen molar-refractivity contribution in [3.63, 3.8) is 0 Å². The summed E-state index contributed by atoms with van der Waals surface area (Å²) >= 11 is 0. The number of para-hydroxylation sites is 1. The first-order valence-electron chi connectivity index (χ1n) is 11.0. The SMILES string of the molecule is COCCNC(=O)[C@H]1CCCN(C2CCN(Cc3cc4ccccc4[nH]3)CC2)C1. The van der Waals surface area contributed by atoms with Gasteiger partial charge in [0.25, 0.3) is 0 Å². The zero-order chi connectivity index (χ0) is 20.1. The van der Waals surface area contributed by atoms with E-state index in [0.29, 0.717) is 19.2 Å². The topological polar surface area (TPSA) is 60.6 Å². The van der Waals surface area contributed by atoms with Crippen molar-refractivity contribution in [2.24, 2.45) is 5.92 Å². The highest BCUT2D eigenvalue weighted by atomic mass is 16.5. The fourth-order valence-electron chi connectivity index (χ4n) is 4.87. The number of nitrogens with zero attached hydrogens (tertiary/aromatic N) is 2. The van der Waals surface area contributed by atoms with Gasteiger partial charge in [0.15, 0.2) is 0 Å². The molecule has 2 N–H and O–H groups in total. The first kappa shape index (κ1) is 20.4. The predicted molar refractivity (Wildman–Crippen MR) is 116 cm³/mol. The number of benzene rings is 1. The zero-order valence-corrected chi connectivity index (χ0v) is 17.5. The van der Waals surface area contributed by atoms with Crippen LogP contribution >= 0.6 is 0 Å². The van der Waals surface area contributed by atoms with Crippen LogP contribution in [0.4, 0.5) is 0 Å². The number of amides is 1. The third-order valence-electron chi connectivity index (χ3n) is 6.48. The van der Waals surface area contributed by atoms with Crippen LogP contribution in [0, 0.1) is 5.92 Å². The van der Waals surface area contributed by atoms with Crippen LogP contribution in [-0.4, -0.2) is 73.2 Å². The first-order chi connectivity index (χ1) is 14.2. The second-order valence-corrected chi connectivity index (χ2v) is 8.51. The van der Waals surface area contributed by atoms with Gasteiger partial charge in [0, 0.05) is 57.1 Å². The molecule has 4 rings (SSSR count). The lowest BCUT2D eigenvalue weighted by molar-refractivity contribution is -0.127. The molecule has 158 valence electrons. The zero-order valence-electron chi connectivity index (χ0n) is 17.5. The molecule has 29 heavy (non-hydrogen) atoms. The molecule has 2 aromatic rings. The normalized spacial score (nSPS) is 22.2. The van der Waals surface area contributed by atoms with Gasteiger partial charge in [-0.05, 0) is 49.7 Å². The third-order valence-corrected chi connectivity index (χ3v) is 6.48. The molecule has 1 atom stereocenters. The van der Waals surface area contributed by atoms with Gasteiger partial charge in [-0.1, -0.05) is 18.2 Å². The van der Waals surface area contributed by atoms with Crippen molar-refractivity contribution < 1.29 is 9.53 Å². The van der Waals surface area contributed by atoms with Gasteiger partial charge in [0.1, 0.15) is 0 Å². The van der Waals surface area contributed by atoms with Crippen molar-refractivity contribution in [3.05, 3.63) is 36.0 Å². The van der Waals surface area contributed by atoms with Crippen molar-refractivity contribution >= 4 is 16.8 Å². The molecule has 6 nitrogen and oxygen atoms in total. The number of hydrogen-bond acceptors (Lipinski definition) is 4. The highest BCUT2D eigenvalue weighted by Gasteiger charge is 2.31. The Kier molecular flexibility index (Phi) is 6.85. The summed E-state index contributed by atoms with van der Waals surface area (Å²) in [5.74, 6) is 0.327. The summed E-state index contributed by atoms with van der Waals surface area (Å²) in [5, 5.41) is 4.31. The summed E-state index contributed by atoms with van der Waals surface area (Å²) in [6.45, 7) is 6.48. The molecule has 1 aromatic carbocycles. The predicted octanol–water partition coefficient (Wildman–Crippen LogP) is 2.61. The van der Waals surface area contributed by atoms with E-state index in [2.05, 4.69) is 50.4 Å². The largest absolute Gasteiger partial charge is 0.383 e. The van der Waals surface area contributed by atoms with E-state index in [1.807, 2.05) is 0 Å². The maximum absolute atomic E-state index is 12.4. The van der Waals surface area contributed by atoms with E-state index >= 15 is 0 Å². The minimum absolute atomic E-state index is 0.130. The second-order valence-electron chi connectivity index (χ2n) is 8.51. The highest BCUT2D eigenvalue weighted by molar-refractivity contribution is 5.80. The number of carbonyl (C=O) groups excluding carboxylic acids is 1. The first-order valence-corrected chi connectivity index (χ1v) is 11.0. The fraction of sp³-hybridized carbons (Fsp3) is 0.609. The van der Waals surface area contributed by atoms with E-state index < -0.39 is 0 Å². The standard InChI is InChI=1S/C23H34N4O2/c1-29-14-10-24-23(28)19-6-4-11-27(16-19)21-8-12-26(13-9-21)17-20-15-18-5-2-3-7-22(18)25-20/h2-3,5,7,15,19,21,25H,4,6,8-14,16-17H2,1H3,(H,24,28)/t19-/m0/s1. The molecular weight excluding hydrogens is 364 g/mol. The lowest BCUT2D eigenvalue weighted by atomic mass is 9.93. The molecule has 0 radical (unpaired) electrons. The number of piperidine rings is 2. The molecular formula is C23H34N4O2. The summed E-state index contributed by atoms with van der Waals surface area (Å²) in [6.07, 6.45) is 4.52. The van der Waals surface area contributed by atoms with Gasteiger partial charge in [-0.2, -0.15) is 0 Å². The number of nitrogens with one attached hydrogen (secondary N) is 2. The molecule has 0 spiro atoms. The molecule has 2 fully saturated rings. The van der Waals surface area contributed by atoms with E-state index in [1.54, 1.807) is 7.11 Å². The number of H-pyrrole nitrogens is 1. The lowest BCUT2D eigenvalue weighted by Crippen LogP contribution is -2.50. The average molecular weight is 399 g/mol. The van der Waals surface area contributed by atoms with Crippen molar-refractivity contribution in [1.29, 1.82) is 0 Å². The van der Waals surface area contributed by atoms with Crippen molar-refractivity contribution in [2.75, 3.05) is 46.4 Å². The van der Waals surface area contributed by atoms with E-state index in [4.69, 9.17) is 4.74 Å². The highest BCUT2D eigenvalue weighted by Crippen LogP contribution is 2.25. The Morgan fingerprint density at radius 3 is 2.83 bits per heavy atom. The quantitative estimate of drug-likeness (QED) is 0.704. The maximum atomic E-state index is 12.4. The molecule has 1 aromatic heterocycles. The summed E-state index contributed by atoms with van der Waals surface area (Å²) < 4.78 is 5.03. The Morgan fingerprint density at radius 1 is 1.21 bits per heavy atom. The molecule has 2 aliphatic rings. The monoisotopic (exact) mass is 398 g/mol. The number of methoxy groups -OCH3 is 1. The molecule has 0 unspecified atom stereocenters. The summed E-state index contributed by atoms with van der Waals surface area (Å²) in [5.41, 5.74) is 2.52. The molecule has 3 heterocycles. The number of aromatic nitrogens is 1. The number of fused-ring (bicyclic) bond motifs is 1. The summed E-state index contributed by atoms with van der Waals surface area (Å²) in [7, 11) is 1.67. The molecule has 1 amide bonds. The molecule has 0 aliphatic carbocycles. The Balaban J connectivity index is 1.25. The van der Waals surface area contributed by atoms with Crippen LogP contribution in [0.1, 0.15) is 31.4 Å². The number of aromatic amines is 1. The van der Waals surface area contributed by atoms with E-state index in [-0.39, 0.29) is 11.8 Å². The van der Waals surface area contributed by atoms with Gasteiger partial charge in [-0.15, -0.1) is 0 Å². The number of carbonyl (C=O) groups is 1. The molecule has 2 saturated heterocycles. The van der Waals surface area contributed by atoms with E-state index in [0.717, 1.165) is 45.6 Å². The van der Waals surface area contributed by atoms with Crippen molar-refractivity contribution in [2.45, 2.75) is 38.3 Å². The minimum atomic E-state index is 0.130. The number of hydrogen-bond donors (Lipinski definition) is 2. The van der Waals surface area contributed by atoms with Gasteiger partial charge in [0.2, 0.25) is 5.91 Å². The van der Waals surface area contributed by atoms with Crippen LogP contribution in [0.2, 0.25) is 0 Å². The lowest BCUT2D eigenvalue weighted by Gasteiger charge is -2.42. The molecule has 6 heteroatoms. The maximum Gasteiger partial charge on any atom is 0.224 e. The van der Waals surface area contributed by atoms with Crippen LogP contribution in [-0.2, 0) is 16.1 Å². The van der Waals surface area contributed by atoms with Crippen LogP contribution in [0.25, 0.3) is 10.9 Å². The smallest absolute Gasteiger partial charge is 0.224 e. The van der Waals surface area contributed by atoms with Crippen LogP contribution < -0.4 is 5.32 Å². The number of rotatable bonds is 7. The van der Waals surface area contributed by atoms with Crippen LogP contribution in [0.3, 0.4) is 0 Å². The second kappa shape index (κ2) is 9.74. The van der Waals surface area contributed by atoms with E-state index in [9.17, 15) is 4.79 Å². The Morgan fingerprint density at radius 2 is 2.03 bits per heavy atom. The van der Waals surface area contributed by atoms with Crippen LogP contribution in [0.5, 0.6) is 0 Å². The average Bonchev–Trinajstić information content (AvgIpc) is 3.17. The van der Waals surface area contributed by atoms with Crippen molar-refractivity contribution in [3.8, 4) is 0 Å². The summed E-state index contributed by atoms with van der Waals surface area (Å²) in [4.78, 5) is 21.1. The van der Waals surface area contributed by atoms with Crippen molar-refractivity contribution in [1.82, 2.24) is 20.1 Å². The number of ether oxygens (including phenoxy) is 1. The molecule has 2 aliphatic heterocycles. The number of likely N-dealkylation sites (tertiary alicyclic amines) is 2. The third kappa shape index (κ3) is 5.18. The van der Waals surface area contributed by atoms with Crippen LogP contribution in [0.15, 0.2) is 30.3 Å². The van der Waals surface area contributed by atoms with E-state index in [1.165, 1.54) is 29.4 Å².